The van der Waals surface area contributed by atoms with E-state index in [-0.39, 0.29) is 23.5 Å². The fourth-order valence-corrected chi connectivity index (χ4v) is 5.23. The number of nitrogens with one attached hydrogen (secondary N) is 1. The largest absolute Gasteiger partial charge is 0.490 e. The molecule has 3 fully saturated rings. The predicted molar refractivity (Wildman–Crippen MR) is 127 cm³/mol. The molecule has 1 aliphatic carbocycles. The van der Waals surface area contributed by atoms with Gasteiger partial charge in [-0.15, -0.1) is 0 Å². The van der Waals surface area contributed by atoms with Gasteiger partial charge >= 0.3 is 6.18 Å². The normalized spacial score (nSPS) is 21.8. The number of rotatable bonds is 4. The Bertz CT molecular complexity index is 1210. The molecule has 2 saturated heterocycles. The first kappa shape index (κ1) is 24.1. The molecule has 1 atom stereocenters. The molecule has 3 aliphatic rings. The Morgan fingerprint density at radius 3 is 2.53 bits per heavy atom. The lowest BCUT2D eigenvalue weighted by atomic mass is 9.75. The number of ether oxygens (including phenoxy) is 1. The molecule has 36 heavy (non-hydrogen) atoms. The van der Waals surface area contributed by atoms with Gasteiger partial charge < -0.3 is 15.0 Å². The number of nitriles is 1. The smallest absolute Gasteiger partial charge is 0.419 e. The third-order valence-corrected chi connectivity index (χ3v) is 7.19. The van der Waals surface area contributed by atoms with E-state index in [0.717, 1.165) is 56.8 Å². The van der Waals surface area contributed by atoms with Gasteiger partial charge in [-0.3, -0.25) is 9.69 Å². The van der Waals surface area contributed by atoms with Gasteiger partial charge in [0.25, 0.3) is 5.91 Å². The maximum absolute atomic E-state index is 13.6. The number of pyridine rings is 1. The first-order chi connectivity index (χ1) is 17.2. The number of benzene rings is 1. The lowest BCUT2D eigenvalue weighted by Gasteiger charge is -2.43. The van der Waals surface area contributed by atoms with E-state index in [1.807, 2.05) is 29.2 Å². The molecular formula is C26H26F3N5O2. The van der Waals surface area contributed by atoms with Crippen LogP contribution in [0.3, 0.4) is 0 Å². The summed E-state index contributed by atoms with van der Waals surface area (Å²) in [6.45, 7) is 5.98. The van der Waals surface area contributed by atoms with Gasteiger partial charge in [0.05, 0.1) is 23.6 Å². The maximum Gasteiger partial charge on any atom is 0.419 e. The van der Waals surface area contributed by atoms with Crippen LogP contribution in [0.4, 0.5) is 24.5 Å². The van der Waals surface area contributed by atoms with E-state index in [1.54, 1.807) is 0 Å². The summed E-state index contributed by atoms with van der Waals surface area (Å²) in [4.78, 5) is 20.3. The van der Waals surface area contributed by atoms with Crippen LogP contribution in [0.25, 0.3) is 0 Å². The Labute approximate surface area is 207 Å². The molecule has 5 rings (SSSR count). The van der Waals surface area contributed by atoms with Crippen molar-refractivity contribution in [3.8, 4) is 11.8 Å². The Morgan fingerprint density at radius 2 is 1.89 bits per heavy atom. The van der Waals surface area contributed by atoms with Crippen LogP contribution < -0.4 is 19.9 Å². The summed E-state index contributed by atoms with van der Waals surface area (Å²) in [6.07, 6.45) is 1.36. The van der Waals surface area contributed by atoms with Crippen LogP contribution >= 0.6 is 0 Å². The number of alkyl halides is 3. The van der Waals surface area contributed by atoms with E-state index in [9.17, 15) is 18.0 Å². The van der Waals surface area contributed by atoms with E-state index in [1.165, 1.54) is 11.0 Å². The fourth-order valence-electron chi connectivity index (χ4n) is 5.23. The molecule has 0 bridgehead atoms. The number of halogens is 3. The minimum atomic E-state index is -4.78. The third kappa shape index (κ3) is 4.07. The molecule has 1 spiro atoms. The zero-order valence-corrected chi connectivity index (χ0v) is 19.6. The number of carbonyl (C=O) groups is 1. The zero-order valence-electron chi connectivity index (χ0n) is 19.6. The number of nitrogens with zero attached hydrogens (tertiary/aromatic N) is 4. The second kappa shape index (κ2) is 9.13. The van der Waals surface area contributed by atoms with Crippen molar-refractivity contribution in [3.63, 3.8) is 0 Å². The number of hydrogen-bond acceptors (Lipinski definition) is 6. The molecule has 2 aromatic rings. The Morgan fingerprint density at radius 1 is 1.14 bits per heavy atom. The van der Waals surface area contributed by atoms with Crippen LogP contribution in [-0.2, 0) is 11.0 Å². The van der Waals surface area contributed by atoms with Gasteiger partial charge in [0.2, 0.25) is 0 Å². The van der Waals surface area contributed by atoms with Gasteiger partial charge in [0.15, 0.2) is 5.69 Å². The zero-order chi connectivity index (χ0) is 25.5. The van der Waals surface area contributed by atoms with Crippen molar-refractivity contribution >= 4 is 17.3 Å². The van der Waals surface area contributed by atoms with Crippen molar-refractivity contribution in [2.45, 2.75) is 56.3 Å². The minimum Gasteiger partial charge on any atom is -0.490 e. The van der Waals surface area contributed by atoms with Crippen molar-refractivity contribution in [3.05, 3.63) is 60.2 Å². The summed E-state index contributed by atoms with van der Waals surface area (Å²) in [5, 5.41) is 12.4. The topological polar surface area (TPSA) is 81.5 Å². The Hall–Kier alpha value is -3.58. The van der Waals surface area contributed by atoms with E-state index in [2.05, 4.69) is 16.9 Å². The second-order valence-electron chi connectivity index (χ2n) is 9.39. The first-order valence-corrected chi connectivity index (χ1v) is 12.0. The highest BCUT2D eigenvalue weighted by Crippen LogP contribution is 2.50. The molecule has 0 radical (unpaired) electrons. The van der Waals surface area contributed by atoms with Crippen molar-refractivity contribution in [1.29, 1.82) is 5.26 Å². The molecule has 1 unspecified atom stereocenters. The summed E-state index contributed by atoms with van der Waals surface area (Å²) in [5.74, 6) is 0.639. The molecular weight excluding hydrogens is 471 g/mol. The Balaban J connectivity index is 1.44. The van der Waals surface area contributed by atoms with Crippen LogP contribution in [0, 0.1) is 11.3 Å². The van der Waals surface area contributed by atoms with E-state index in [4.69, 9.17) is 10.00 Å². The van der Waals surface area contributed by atoms with Gasteiger partial charge in [-0.1, -0.05) is 6.58 Å². The van der Waals surface area contributed by atoms with E-state index >= 15 is 0 Å². The van der Waals surface area contributed by atoms with E-state index < -0.39 is 23.0 Å². The second-order valence-corrected chi connectivity index (χ2v) is 9.39. The predicted octanol–water partition coefficient (Wildman–Crippen LogP) is 4.74. The summed E-state index contributed by atoms with van der Waals surface area (Å²) in [7, 11) is 0. The average molecular weight is 498 g/mol. The molecule has 3 heterocycles. The summed E-state index contributed by atoms with van der Waals surface area (Å²) >= 11 is 0. The summed E-state index contributed by atoms with van der Waals surface area (Å²) in [6, 6.07) is 9.67. The average Bonchev–Trinajstić information content (AvgIpc) is 2.96. The standard InChI is InChI=1S/C26H26F3N5O2/c1-17-33(19-14-22(26(27,28)29)23(15-30)32-16-19)24(35)25(10-3-11-25)34(17)18-5-7-21(8-6-18)36-20-4-2-12-31-13-9-20/h5-8,14,16,20,31H,1-4,9-13H2. The van der Waals surface area contributed by atoms with Crippen LogP contribution in [0.2, 0.25) is 0 Å². The van der Waals surface area contributed by atoms with Crippen molar-refractivity contribution < 1.29 is 22.7 Å². The van der Waals surface area contributed by atoms with Crippen LogP contribution in [0.15, 0.2) is 48.9 Å². The number of hydrogen-bond donors (Lipinski definition) is 1. The first-order valence-electron chi connectivity index (χ1n) is 12.0. The van der Waals surface area contributed by atoms with Gasteiger partial charge in [0, 0.05) is 5.69 Å². The molecule has 1 aromatic heterocycles. The van der Waals surface area contributed by atoms with Crippen molar-refractivity contribution in [2.75, 3.05) is 22.9 Å². The number of amides is 1. The van der Waals surface area contributed by atoms with Gasteiger partial charge in [-0.2, -0.15) is 18.4 Å². The number of anilines is 2. The monoisotopic (exact) mass is 497 g/mol. The quantitative estimate of drug-likeness (QED) is 0.657. The molecule has 188 valence electrons. The molecule has 7 nitrogen and oxygen atoms in total. The maximum atomic E-state index is 13.6. The highest BCUT2D eigenvalue weighted by molar-refractivity contribution is 6.10. The SMILES string of the molecule is C=C1N(c2cnc(C#N)c(C(F)(F)F)c2)C(=O)C2(CCC2)N1c1ccc(OC2CCCNCC2)cc1. The van der Waals surface area contributed by atoms with Crippen molar-refractivity contribution in [1.82, 2.24) is 10.3 Å². The van der Waals surface area contributed by atoms with Gasteiger partial charge in [-0.05, 0) is 81.9 Å². The highest BCUT2D eigenvalue weighted by Gasteiger charge is 2.59. The molecule has 2 aliphatic heterocycles. The van der Waals surface area contributed by atoms with Crippen LogP contribution in [0.5, 0.6) is 5.75 Å². The molecule has 10 heteroatoms. The molecule has 1 aromatic carbocycles. The summed E-state index contributed by atoms with van der Waals surface area (Å²) in [5.41, 5.74) is -2.17. The highest BCUT2D eigenvalue weighted by atomic mass is 19.4. The number of carbonyl (C=O) groups excluding carboxylic acids is 1. The van der Waals surface area contributed by atoms with Gasteiger partial charge in [-0.25, -0.2) is 4.98 Å². The molecule has 1 N–H and O–H groups in total. The van der Waals surface area contributed by atoms with Crippen molar-refractivity contribution in [2.24, 2.45) is 0 Å². The van der Waals surface area contributed by atoms with Gasteiger partial charge in [0.1, 0.15) is 23.2 Å². The van der Waals surface area contributed by atoms with Crippen LogP contribution in [-0.4, -0.2) is 35.6 Å². The molecule has 1 amide bonds. The minimum absolute atomic E-state index is 0.0629. The molecule has 1 saturated carbocycles. The Kier molecular flexibility index (Phi) is 6.12. The third-order valence-electron chi connectivity index (χ3n) is 7.19. The summed E-state index contributed by atoms with van der Waals surface area (Å²) < 4.78 is 46.8. The van der Waals surface area contributed by atoms with E-state index in [0.29, 0.717) is 18.5 Å². The lowest BCUT2D eigenvalue weighted by molar-refractivity contribution is -0.138. The fraction of sp³-hybridized carbons (Fsp3) is 0.423. The van der Waals surface area contributed by atoms with Crippen LogP contribution in [0.1, 0.15) is 49.8 Å². The number of aromatic nitrogens is 1. The lowest BCUT2D eigenvalue weighted by Crippen LogP contribution is -2.54.